The summed E-state index contributed by atoms with van der Waals surface area (Å²) < 4.78 is 0.974. The van der Waals surface area contributed by atoms with Crippen LogP contribution in [0.3, 0.4) is 0 Å². The summed E-state index contributed by atoms with van der Waals surface area (Å²) in [6, 6.07) is 16.5. The Labute approximate surface area is 169 Å². The molecule has 5 heteroatoms. The number of likely N-dealkylation sites (tertiary alicyclic amines) is 1. The van der Waals surface area contributed by atoms with Crippen LogP contribution >= 0.6 is 15.9 Å². The zero-order chi connectivity index (χ0) is 18.6. The number of rotatable bonds is 3. The lowest BCUT2D eigenvalue weighted by atomic mass is 9.95. The number of amides is 2. The van der Waals surface area contributed by atoms with Gasteiger partial charge in [-0.25, -0.2) is 4.79 Å². The van der Waals surface area contributed by atoms with E-state index in [2.05, 4.69) is 50.4 Å². The first-order chi connectivity index (χ1) is 13.2. The lowest BCUT2D eigenvalue weighted by molar-refractivity contribution is 0.140. The van der Waals surface area contributed by atoms with Crippen LogP contribution in [0.5, 0.6) is 0 Å². The first-order valence-electron chi connectivity index (χ1n) is 9.78. The number of nitrogens with one attached hydrogen (secondary N) is 1. The first-order valence-corrected chi connectivity index (χ1v) is 10.6. The van der Waals surface area contributed by atoms with E-state index < -0.39 is 0 Å². The van der Waals surface area contributed by atoms with Crippen molar-refractivity contribution < 1.29 is 4.79 Å². The molecule has 2 aromatic carbocycles. The maximum Gasteiger partial charge on any atom is 0.321 e. The number of urea groups is 1. The Morgan fingerprint density at radius 1 is 1.11 bits per heavy atom. The van der Waals surface area contributed by atoms with Crippen molar-refractivity contribution in [2.75, 3.05) is 31.5 Å². The van der Waals surface area contributed by atoms with E-state index in [1.807, 2.05) is 29.2 Å². The summed E-state index contributed by atoms with van der Waals surface area (Å²) in [5, 5.41) is 3.03. The number of piperidine rings is 1. The summed E-state index contributed by atoms with van der Waals surface area (Å²) in [6.07, 6.45) is 3.43. The van der Waals surface area contributed by atoms with Crippen molar-refractivity contribution in [3.8, 4) is 0 Å². The molecule has 1 atom stereocenters. The van der Waals surface area contributed by atoms with Crippen molar-refractivity contribution >= 4 is 27.6 Å². The van der Waals surface area contributed by atoms with Gasteiger partial charge >= 0.3 is 6.03 Å². The maximum atomic E-state index is 12.7. The molecule has 2 aliphatic heterocycles. The summed E-state index contributed by atoms with van der Waals surface area (Å²) >= 11 is 3.45. The largest absolute Gasteiger partial charge is 0.324 e. The van der Waals surface area contributed by atoms with Crippen LogP contribution in [0.25, 0.3) is 0 Å². The average Bonchev–Trinajstić information content (AvgIpc) is 2.68. The van der Waals surface area contributed by atoms with E-state index in [4.69, 9.17) is 0 Å². The molecule has 142 valence electrons. The summed E-state index contributed by atoms with van der Waals surface area (Å²) in [6.45, 7) is 4.93. The lowest BCUT2D eigenvalue weighted by Crippen LogP contribution is -2.46. The highest BCUT2D eigenvalue weighted by Gasteiger charge is 2.26. The Bertz CT molecular complexity index is 810. The Hall–Kier alpha value is -1.85. The molecule has 0 aromatic heterocycles. The van der Waals surface area contributed by atoms with Crippen molar-refractivity contribution in [2.24, 2.45) is 5.92 Å². The van der Waals surface area contributed by atoms with Crippen molar-refractivity contribution in [2.45, 2.75) is 25.8 Å². The van der Waals surface area contributed by atoms with Gasteiger partial charge in [0.2, 0.25) is 0 Å². The fourth-order valence-corrected chi connectivity index (χ4v) is 4.64. The summed E-state index contributed by atoms with van der Waals surface area (Å²) in [5.74, 6) is 0.553. The van der Waals surface area contributed by atoms with Gasteiger partial charge in [0.25, 0.3) is 0 Å². The predicted octanol–water partition coefficient (Wildman–Crippen LogP) is 4.75. The smallest absolute Gasteiger partial charge is 0.321 e. The number of fused-ring (bicyclic) bond motifs is 1. The highest BCUT2D eigenvalue weighted by atomic mass is 79.9. The molecule has 0 bridgehead atoms. The number of nitrogens with zero attached hydrogens (tertiary/aromatic N) is 2. The minimum absolute atomic E-state index is 0.0155. The van der Waals surface area contributed by atoms with Gasteiger partial charge < -0.3 is 10.2 Å². The molecule has 2 heterocycles. The van der Waals surface area contributed by atoms with Gasteiger partial charge in [-0.05, 0) is 54.5 Å². The number of hydrogen-bond acceptors (Lipinski definition) is 2. The number of anilines is 1. The van der Waals surface area contributed by atoms with Gasteiger partial charge in [-0.15, -0.1) is 0 Å². The fraction of sp³-hybridized carbons (Fsp3) is 0.409. The van der Waals surface area contributed by atoms with E-state index in [1.54, 1.807) is 0 Å². The van der Waals surface area contributed by atoms with Crippen LogP contribution in [0, 0.1) is 5.92 Å². The molecule has 1 fully saturated rings. The number of halogens is 1. The Kier molecular flexibility index (Phi) is 5.79. The highest BCUT2D eigenvalue weighted by Crippen LogP contribution is 2.24. The molecular weight excluding hydrogens is 402 g/mol. The second-order valence-electron chi connectivity index (χ2n) is 7.65. The fourth-order valence-electron chi connectivity index (χ4n) is 4.24. The number of carbonyl (C=O) groups excluding carboxylic acids is 1. The van der Waals surface area contributed by atoms with Gasteiger partial charge in [0.1, 0.15) is 0 Å². The van der Waals surface area contributed by atoms with Gasteiger partial charge in [0.05, 0.1) is 0 Å². The van der Waals surface area contributed by atoms with Crippen LogP contribution in [0.2, 0.25) is 0 Å². The molecule has 4 rings (SSSR count). The van der Waals surface area contributed by atoms with E-state index in [0.717, 1.165) is 55.7 Å². The quantitative estimate of drug-likeness (QED) is 0.766. The summed E-state index contributed by atoms with van der Waals surface area (Å²) in [7, 11) is 0. The molecule has 27 heavy (non-hydrogen) atoms. The van der Waals surface area contributed by atoms with Gasteiger partial charge in [0.15, 0.2) is 0 Å². The lowest BCUT2D eigenvalue weighted by Gasteiger charge is -2.37. The third-order valence-corrected chi connectivity index (χ3v) is 6.10. The van der Waals surface area contributed by atoms with Crippen LogP contribution in [0.1, 0.15) is 24.0 Å². The summed E-state index contributed by atoms with van der Waals surface area (Å²) in [4.78, 5) is 17.2. The Morgan fingerprint density at radius 3 is 2.81 bits per heavy atom. The average molecular weight is 428 g/mol. The summed E-state index contributed by atoms with van der Waals surface area (Å²) in [5.41, 5.74) is 3.79. The van der Waals surface area contributed by atoms with E-state index >= 15 is 0 Å². The van der Waals surface area contributed by atoms with Crippen LogP contribution in [0.4, 0.5) is 10.5 Å². The molecule has 0 aliphatic carbocycles. The normalized spacial score (nSPS) is 20.2. The molecule has 2 aliphatic rings. The zero-order valence-electron chi connectivity index (χ0n) is 15.5. The molecule has 1 saturated heterocycles. The third kappa shape index (κ3) is 4.71. The van der Waals surface area contributed by atoms with Crippen molar-refractivity contribution in [3.05, 3.63) is 64.1 Å². The van der Waals surface area contributed by atoms with Gasteiger partial charge in [-0.2, -0.15) is 0 Å². The third-order valence-electron chi connectivity index (χ3n) is 5.61. The van der Waals surface area contributed by atoms with E-state index in [1.165, 1.54) is 17.5 Å². The van der Waals surface area contributed by atoms with Gasteiger partial charge in [-0.1, -0.05) is 46.3 Å². The Morgan fingerprint density at radius 2 is 1.96 bits per heavy atom. The number of carbonyl (C=O) groups is 1. The first kappa shape index (κ1) is 18.5. The number of hydrogen-bond donors (Lipinski definition) is 1. The highest BCUT2D eigenvalue weighted by molar-refractivity contribution is 9.10. The van der Waals surface area contributed by atoms with Crippen LogP contribution < -0.4 is 5.32 Å². The van der Waals surface area contributed by atoms with E-state index in [-0.39, 0.29) is 6.03 Å². The monoisotopic (exact) mass is 427 g/mol. The molecule has 0 saturated carbocycles. The van der Waals surface area contributed by atoms with E-state index in [0.29, 0.717) is 5.92 Å². The minimum atomic E-state index is 0.0155. The van der Waals surface area contributed by atoms with Crippen LogP contribution in [0.15, 0.2) is 53.0 Å². The molecule has 2 amide bonds. The van der Waals surface area contributed by atoms with Crippen molar-refractivity contribution in [1.82, 2.24) is 9.80 Å². The maximum absolute atomic E-state index is 12.7. The minimum Gasteiger partial charge on any atom is -0.324 e. The van der Waals surface area contributed by atoms with Gasteiger partial charge in [-0.3, -0.25) is 4.90 Å². The standard InChI is InChI=1S/C22H26BrN3O/c23-20-8-3-9-21(13-20)24-22(27)26-11-4-5-17(15-26)14-25-12-10-18-6-1-2-7-19(18)16-25/h1-3,6-9,13,17H,4-5,10-12,14-16H2,(H,24,27)/t17-/m1/s1. The van der Waals surface area contributed by atoms with Crippen LogP contribution in [-0.4, -0.2) is 42.0 Å². The molecule has 4 nitrogen and oxygen atoms in total. The molecule has 2 aromatic rings. The molecule has 0 radical (unpaired) electrons. The molecule has 0 spiro atoms. The molecule has 1 N–H and O–H groups in total. The topological polar surface area (TPSA) is 35.6 Å². The predicted molar refractivity (Wildman–Crippen MR) is 113 cm³/mol. The SMILES string of the molecule is O=C(Nc1cccc(Br)c1)N1CCC[C@H](CN2CCc3ccccc3C2)C1. The van der Waals surface area contributed by atoms with Crippen LogP contribution in [-0.2, 0) is 13.0 Å². The molecule has 0 unspecified atom stereocenters. The van der Waals surface area contributed by atoms with Crippen molar-refractivity contribution in [3.63, 3.8) is 0 Å². The second kappa shape index (κ2) is 8.44. The van der Waals surface area contributed by atoms with Gasteiger partial charge in [0, 0.05) is 42.9 Å². The van der Waals surface area contributed by atoms with Crippen molar-refractivity contribution in [1.29, 1.82) is 0 Å². The van der Waals surface area contributed by atoms with E-state index in [9.17, 15) is 4.79 Å². The number of benzene rings is 2. The zero-order valence-corrected chi connectivity index (χ0v) is 17.1. The Balaban J connectivity index is 1.32. The second-order valence-corrected chi connectivity index (χ2v) is 8.56. The molecular formula is C22H26BrN3O.